The molecular formula is C17H26. The fourth-order valence-electron chi connectivity index (χ4n) is 1.63. The van der Waals surface area contributed by atoms with Crippen LogP contribution in [0.3, 0.4) is 0 Å². The number of hydrogen-bond acceptors (Lipinski definition) is 0. The zero-order valence-corrected chi connectivity index (χ0v) is 8.62. The molecule has 94 valence electrons. The van der Waals surface area contributed by atoms with Crippen molar-refractivity contribution in [2.24, 2.45) is 0 Å². The van der Waals surface area contributed by atoms with Crippen LogP contribution in [-0.2, 0) is 0 Å². The SMILES string of the molecule is C.C.C.Cc1ccc(-c2ccccc2C)cc1. The molecule has 2 rings (SSSR count). The highest BCUT2D eigenvalue weighted by Gasteiger charge is 1.98. The predicted molar refractivity (Wildman–Crippen MR) is 81.5 cm³/mol. The monoisotopic (exact) mass is 230 g/mol. The number of hydrogen-bond donors (Lipinski definition) is 0. The van der Waals surface area contributed by atoms with Crippen LogP contribution in [0.15, 0.2) is 48.5 Å². The maximum Gasteiger partial charge on any atom is -0.0155 e. The van der Waals surface area contributed by atoms with Crippen LogP contribution in [0.4, 0.5) is 0 Å². The van der Waals surface area contributed by atoms with Crippen LogP contribution in [0, 0.1) is 13.8 Å². The Balaban J connectivity index is 0. The molecule has 0 aliphatic heterocycles. The van der Waals surface area contributed by atoms with E-state index in [9.17, 15) is 0 Å². The van der Waals surface area contributed by atoms with E-state index in [4.69, 9.17) is 0 Å². The molecule has 0 heterocycles. The molecular weight excluding hydrogens is 204 g/mol. The van der Waals surface area contributed by atoms with Crippen LogP contribution < -0.4 is 0 Å². The Labute approximate surface area is 107 Å². The van der Waals surface area contributed by atoms with E-state index in [1.54, 1.807) is 0 Å². The fraction of sp³-hybridized carbons (Fsp3) is 0.294. The molecule has 0 saturated carbocycles. The predicted octanol–water partition coefficient (Wildman–Crippen LogP) is 5.88. The Kier molecular flexibility index (Phi) is 8.04. The first-order valence-electron chi connectivity index (χ1n) is 4.90. The molecule has 17 heavy (non-hydrogen) atoms. The molecule has 0 N–H and O–H groups in total. The molecule has 0 aliphatic rings. The van der Waals surface area contributed by atoms with Crippen LogP contribution in [0.5, 0.6) is 0 Å². The summed E-state index contributed by atoms with van der Waals surface area (Å²) in [5.74, 6) is 0. The third-order valence-electron chi connectivity index (χ3n) is 2.51. The van der Waals surface area contributed by atoms with E-state index in [0.717, 1.165) is 0 Å². The van der Waals surface area contributed by atoms with E-state index in [1.807, 2.05) is 0 Å². The fourth-order valence-corrected chi connectivity index (χ4v) is 1.63. The lowest BCUT2D eigenvalue weighted by Crippen LogP contribution is -1.82. The van der Waals surface area contributed by atoms with Crippen LogP contribution in [0.25, 0.3) is 11.1 Å². The zero-order chi connectivity index (χ0) is 9.97. The summed E-state index contributed by atoms with van der Waals surface area (Å²) < 4.78 is 0. The number of benzene rings is 2. The summed E-state index contributed by atoms with van der Waals surface area (Å²) in [6, 6.07) is 17.1. The number of rotatable bonds is 1. The van der Waals surface area contributed by atoms with Gasteiger partial charge < -0.3 is 0 Å². The van der Waals surface area contributed by atoms with Gasteiger partial charge in [0.05, 0.1) is 0 Å². The van der Waals surface area contributed by atoms with Crippen molar-refractivity contribution in [3.63, 3.8) is 0 Å². The lowest BCUT2D eigenvalue weighted by Gasteiger charge is -2.05. The summed E-state index contributed by atoms with van der Waals surface area (Å²) >= 11 is 0. The molecule has 0 unspecified atom stereocenters. The summed E-state index contributed by atoms with van der Waals surface area (Å²) in [4.78, 5) is 0. The smallest absolute Gasteiger partial charge is 0.0155 e. The van der Waals surface area contributed by atoms with Crippen LogP contribution in [0.1, 0.15) is 33.4 Å². The van der Waals surface area contributed by atoms with Crippen molar-refractivity contribution in [2.45, 2.75) is 36.1 Å². The Morgan fingerprint density at radius 2 is 1.18 bits per heavy atom. The molecule has 0 fully saturated rings. The minimum absolute atomic E-state index is 0. The minimum Gasteiger partial charge on any atom is -0.0776 e. The molecule has 0 amide bonds. The lowest BCUT2D eigenvalue weighted by molar-refractivity contribution is 1.43. The average Bonchev–Trinajstić information content (AvgIpc) is 2.20. The van der Waals surface area contributed by atoms with Crippen molar-refractivity contribution in [3.8, 4) is 11.1 Å². The maximum atomic E-state index is 2.18. The van der Waals surface area contributed by atoms with E-state index in [0.29, 0.717) is 0 Å². The summed E-state index contributed by atoms with van der Waals surface area (Å²) in [5, 5.41) is 0. The molecule has 0 atom stereocenters. The second-order valence-corrected chi connectivity index (χ2v) is 3.68. The van der Waals surface area contributed by atoms with Crippen molar-refractivity contribution in [1.82, 2.24) is 0 Å². The molecule has 0 aromatic heterocycles. The van der Waals surface area contributed by atoms with Crippen LogP contribution in [0.2, 0.25) is 0 Å². The average molecular weight is 230 g/mol. The summed E-state index contributed by atoms with van der Waals surface area (Å²) in [6.07, 6.45) is 0. The van der Waals surface area contributed by atoms with Crippen LogP contribution in [-0.4, -0.2) is 0 Å². The zero-order valence-electron chi connectivity index (χ0n) is 8.62. The molecule has 0 bridgehead atoms. The van der Waals surface area contributed by atoms with Gasteiger partial charge >= 0.3 is 0 Å². The Hall–Kier alpha value is -1.56. The van der Waals surface area contributed by atoms with Gasteiger partial charge in [0.15, 0.2) is 0 Å². The van der Waals surface area contributed by atoms with E-state index in [-0.39, 0.29) is 22.3 Å². The first-order valence-corrected chi connectivity index (χ1v) is 4.90. The maximum absolute atomic E-state index is 2.18. The van der Waals surface area contributed by atoms with E-state index >= 15 is 0 Å². The molecule has 0 spiro atoms. The third kappa shape index (κ3) is 4.07. The quantitative estimate of drug-likeness (QED) is 0.574. The highest BCUT2D eigenvalue weighted by molar-refractivity contribution is 5.67. The third-order valence-corrected chi connectivity index (χ3v) is 2.51. The van der Waals surface area contributed by atoms with Gasteiger partial charge in [-0.25, -0.2) is 0 Å². The molecule has 0 aliphatic carbocycles. The second kappa shape index (κ2) is 7.67. The Morgan fingerprint density at radius 3 is 1.71 bits per heavy atom. The van der Waals surface area contributed by atoms with Gasteiger partial charge in [-0.05, 0) is 30.5 Å². The Bertz CT molecular complexity index is 424. The van der Waals surface area contributed by atoms with Gasteiger partial charge in [-0.15, -0.1) is 0 Å². The van der Waals surface area contributed by atoms with Crippen molar-refractivity contribution >= 4 is 0 Å². The molecule has 0 heteroatoms. The second-order valence-electron chi connectivity index (χ2n) is 3.68. The molecule has 2 aromatic rings. The van der Waals surface area contributed by atoms with Crippen molar-refractivity contribution in [2.75, 3.05) is 0 Å². The first kappa shape index (κ1) is 17.8. The molecule has 0 saturated heterocycles. The van der Waals surface area contributed by atoms with Gasteiger partial charge in [0.1, 0.15) is 0 Å². The van der Waals surface area contributed by atoms with E-state index < -0.39 is 0 Å². The standard InChI is InChI=1S/C14H14.3CH4/c1-11-7-9-13(10-8-11)14-6-4-3-5-12(14)2;;;/h3-10H,1-2H3;3*1H4. The minimum atomic E-state index is 0. The number of aryl methyl sites for hydroxylation is 2. The lowest BCUT2D eigenvalue weighted by atomic mass is 10.00. The van der Waals surface area contributed by atoms with Gasteiger partial charge in [0.25, 0.3) is 0 Å². The van der Waals surface area contributed by atoms with E-state index in [1.165, 1.54) is 22.3 Å². The van der Waals surface area contributed by atoms with Gasteiger partial charge in [-0.3, -0.25) is 0 Å². The summed E-state index contributed by atoms with van der Waals surface area (Å²) in [5.41, 5.74) is 5.26. The highest BCUT2D eigenvalue weighted by atomic mass is 14.0. The van der Waals surface area contributed by atoms with E-state index in [2.05, 4.69) is 62.4 Å². The Morgan fingerprint density at radius 1 is 0.647 bits per heavy atom. The van der Waals surface area contributed by atoms with Crippen molar-refractivity contribution in [1.29, 1.82) is 0 Å². The molecule has 2 aromatic carbocycles. The van der Waals surface area contributed by atoms with Gasteiger partial charge in [0, 0.05) is 0 Å². The van der Waals surface area contributed by atoms with Gasteiger partial charge in [-0.1, -0.05) is 76.4 Å². The summed E-state index contributed by atoms with van der Waals surface area (Å²) in [6.45, 7) is 4.26. The topological polar surface area (TPSA) is 0 Å². The molecule has 0 nitrogen and oxygen atoms in total. The van der Waals surface area contributed by atoms with Crippen molar-refractivity contribution in [3.05, 3.63) is 59.7 Å². The normalized spacial score (nSPS) is 8.35. The summed E-state index contributed by atoms with van der Waals surface area (Å²) in [7, 11) is 0. The highest BCUT2D eigenvalue weighted by Crippen LogP contribution is 2.22. The van der Waals surface area contributed by atoms with Crippen LogP contribution >= 0.6 is 0 Å². The largest absolute Gasteiger partial charge is 0.0776 e. The van der Waals surface area contributed by atoms with Gasteiger partial charge in [-0.2, -0.15) is 0 Å². The van der Waals surface area contributed by atoms with Crippen molar-refractivity contribution < 1.29 is 0 Å². The van der Waals surface area contributed by atoms with Gasteiger partial charge in [0.2, 0.25) is 0 Å². The first-order chi connectivity index (χ1) is 6.77. The molecule has 0 radical (unpaired) electrons.